The standard InChI is InChI=1S/C20H19Si/c21-20(18-14-8-3-9-15-18)19(16-10-4-1-5-11-16)17-12-6-2-7-13-17/h1-15,19H,21H3. The Labute approximate surface area is 129 Å². The summed E-state index contributed by atoms with van der Waals surface area (Å²) in [6.07, 6.45) is 0. The second kappa shape index (κ2) is 6.55. The molecule has 3 aromatic carbocycles. The molecule has 1 radical (unpaired) electrons. The summed E-state index contributed by atoms with van der Waals surface area (Å²) in [5.74, 6) is 0.362. The quantitative estimate of drug-likeness (QED) is 0.641. The highest BCUT2D eigenvalue weighted by Gasteiger charge is 2.22. The lowest BCUT2D eigenvalue weighted by atomic mass is 9.85. The van der Waals surface area contributed by atoms with Gasteiger partial charge in [-0.25, -0.2) is 0 Å². The van der Waals surface area contributed by atoms with E-state index >= 15 is 0 Å². The van der Waals surface area contributed by atoms with Crippen molar-refractivity contribution < 1.29 is 0 Å². The van der Waals surface area contributed by atoms with Gasteiger partial charge in [-0.2, -0.15) is 0 Å². The van der Waals surface area contributed by atoms with Crippen LogP contribution >= 0.6 is 0 Å². The average molecular weight is 287 g/mol. The molecule has 0 aromatic heterocycles. The minimum absolute atomic E-state index is 0.362. The summed E-state index contributed by atoms with van der Waals surface area (Å²) in [5.41, 5.74) is 5.63. The Hall–Kier alpha value is -2.12. The molecule has 21 heavy (non-hydrogen) atoms. The van der Waals surface area contributed by atoms with Gasteiger partial charge in [-0.05, 0) is 22.2 Å². The summed E-state index contributed by atoms with van der Waals surface area (Å²) in [7, 11) is 1.05. The van der Waals surface area contributed by atoms with E-state index in [9.17, 15) is 0 Å². The summed E-state index contributed by atoms with van der Waals surface area (Å²) >= 11 is 0. The summed E-state index contributed by atoms with van der Waals surface area (Å²) in [5, 5.41) is 0. The SMILES string of the molecule is [SiH3][C](c1ccccc1)C(c1ccccc1)c1ccccc1. The van der Waals surface area contributed by atoms with Crippen LogP contribution in [0.3, 0.4) is 0 Å². The molecule has 0 saturated heterocycles. The average Bonchev–Trinajstić information content (AvgIpc) is 2.58. The Balaban J connectivity index is 2.05. The molecule has 103 valence electrons. The van der Waals surface area contributed by atoms with Crippen LogP contribution in [0.1, 0.15) is 22.6 Å². The first-order chi connectivity index (χ1) is 10.4. The Morgan fingerprint density at radius 2 is 0.952 bits per heavy atom. The maximum Gasteiger partial charge on any atom is 0.0182 e. The van der Waals surface area contributed by atoms with Crippen molar-refractivity contribution in [2.45, 2.75) is 5.92 Å². The smallest absolute Gasteiger partial charge is 0.0182 e. The van der Waals surface area contributed by atoms with Crippen molar-refractivity contribution in [3.8, 4) is 0 Å². The largest absolute Gasteiger partial charge is 0.0622 e. The van der Waals surface area contributed by atoms with Crippen molar-refractivity contribution in [1.82, 2.24) is 0 Å². The zero-order valence-corrected chi connectivity index (χ0v) is 14.2. The molecule has 3 rings (SSSR count). The molecule has 0 aliphatic carbocycles. The molecule has 0 spiro atoms. The third-order valence-corrected chi connectivity index (χ3v) is 5.08. The molecular formula is C20H19Si. The van der Waals surface area contributed by atoms with Crippen molar-refractivity contribution in [3.05, 3.63) is 113 Å². The van der Waals surface area contributed by atoms with Crippen molar-refractivity contribution in [3.63, 3.8) is 0 Å². The minimum atomic E-state index is 0.362. The second-order valence-electron chi connectivity index (χ2n) is 5.30. The van der Waals surface area contributed by atoms with E-state index in [-0.39, 0.29) is 0 Å². The molecule has 1 heteroatoms. The molecule has 0 aliphatic rings. The van der Waals surface area contributed by atoms with Crippen LogP contribution in [0.4, 0.5) is 0 Å². The Kier molecular flexibility index (Phi) is 4.32. The van der Waals surface area contributed by atoms with Crippen LogP contribution in [0.5, 0.6) is 0 Å². The number of benzene rings is 3. The fourth-order valence-electron chi connectivity index (χ4n) is 2.85. The highest BCUT2D eigenvalue weighted by Crippen LogP contribution is 2.35. The lowest BCUT2D eigenvalue weighted by molar-refractivity contribution is 0.926. The Morgan fingerprint density at radius 1 is 0.571 bits per heavy atom. The molecule has 0 bridgehead atoms. The van der Waals surface area contributed by atoms with E-state index in [4.69, 9.17) is 0 Å². The molecular weight excluding hydrogens is 268 g/mol. The van der Waals surface area contributed by atoms with Crippen LogP contribution in [0.2, 0.25) is 0 Å². The molecule has 0 nitrogen and oxygen atoms in total. The first-order valence-corrected chi connectivity index (χ1v) is 8.35. The molecule has 0 atom stereocenters. The fourth-order valence-corrected chi connectivity index (χ4v) is 3.85. The first-order valence-electron chi connectivity index (χ1n) is 7.35. The highest BCUT2D eigenvalue weighted by atomic mass is 28.1. The summed E-state index contributed by atoms with van der Waals surface area (Å²) < 4.78 is 0. The second-order valence-corrected chi connectivity index (χ2v) is 6.38. The van der Waals surface area contributed by atoms with Crippen LogP contribution in [0, 0.1) is 5.54 Å². The van der Waals surface area contributed by atoms with Gasteiger partial charge < -0.3 is 0 Å². The van der Waals surface area contributed by atoms with E-state index in [0.717, 1.165) is 10.2 Å². The Bertz CT molecular complexity index is 622. The van der Waals surface area contributed by atoms with Gasteiger partial charge in [0, 0.05) is 16.2 Å². The number of hydrogen-bond donors (Lipinski definition) is 0. The predicted octanol–water partition coefficient (Wildman–Crippen LogP) is 3.76. The van der Waals surface area contributed by atoms with E-state index in [1.54, 1.807) is 0 Å². The topological polar surface area (TPSA) is 0 Å². The van der Waals surface area contributed by atoms with E-state index in [1.807, 2.05) is 0 Å². The molecule has 0 fully saturated rings. The van der Waals surface area contributed by atoms with Crippen molar-refractivity contribution >= 4 is 10.2 Å². The highest BCUT2D eigenvalue weighted by molar-refractivity contribution is 6.22. The van der Waals surface area contributed by atoms with Gasteiger partial charge in [0.25, 0.3) is 0 Å². The molecule has 0 aliphatic heterocycles. The lowest BCUT2D eigenvalue weighted by Gasteiger charge is -2.25. The van der Waals surface area contributed by atoms with Gasteiger partial charge in [0.15, 0.2) is 0 Å². The molecule has 0 unspecified atom stereocenters. The summed E-state index contributed by atoms with van der Waals surface area (Å²) in [4.78, 5) is 0. The molecule has 0 amide bonds. The summed E-state index contributed by atoms with van der Waals surface area (Å²) in [6.45, 7) is 0. The zero-order valence-electron chi connectivity index (χ0n) is 12.2. The van der Waals surface area contributed by atoms with Crippen LogP contribution in [0.15, 0.2) is 91.0 Å². The third-order valence-electron chi connectivity index (χ3n) is 3.93. The molecule has 0 saturated carbocycles. The summed E-state index contributed by atoms with van der Waals surface area (Å²) in [6, 6.07) is 32.4. The monoisotopic (exact) mass is 287 g/mol. The van der Waals surface area contributed by atoms with Gasteiger partial charge in [0.2, 0.25) is 0 Å². The van der Waals surface area contributed by atoms with Crippen molar-refractivity contribution in [1.29, 1.82) is 0 Å². The fraction of sp³-hybridized carbons (Fsp3) is 0.0500. The van der Waals surface area contributed by atoms with Crippen LogP contribution in [-0.2, 0) is 0 Å². The third kappa shape index (κ3) is 3.14. The number of rotatable bonds is 4. The Morgan fingerprint density at radius 3 is 1.38 bits per heavy atom. The van der Waals surface area contributed by atoms with Crippen LogP contribution in [0.25, 0.3) is 0 Å². The van der Waals surface area contributed by atoms with Gasteiger partial charge in [-0.15, -0.1) is 0 Å². The maximum absolute atomic E-state index is 2.23. The molecule has 0 heterocycles. The van der Waals surface area contributed by atoms with Gasteiger partial charge >= 0.3 is 0 Å². The van der Waals surface area contributed by atoms with Gasteiger partial charge in [-0.3, -0.25) is 0 Å². The van der Waals surface area contributed by atoms with Crippen LogP contribution in [-0.4, -0.2) is 10.2 Å². The van der Waals surface area contributed by atoms with Gasteiger partial charge in [-0.1, -0.05) is 91.0 Å². The predicted molar refractivity (Wildman–Crippen MR) is 93.5 cm³/mol. The van der Waals surface area contributed by atoms with E-state index < -0.39 is 0 Å². The van der Waals surface area contributed by atoms with E-state index in [2.05, 4.69) is 91.0 Å². The van der Waals surface area contributed by atoms with Gasteiger partial charge in [0.1, 0.15) is 0 Å². The van der Waals surface area contributed by atoms with Gasteiger partial charge in [0.05, 0.1) is 0 Å². The maximum atomic E-state index is 2.23. The molecule has 3 aromatic rings. The van der Waals surface area contributed by atoms with Crippen LogP contribution < -0.4 is 0 Å². The van der Waals surface area contributed by atoms with E-state index in [1.165, 1.54) is 22.2 Å². The zero-order chi connectivity index (χ0) is 14.5. The number of hydrogen-bond acceptors (Lipinski definition) is 0. The molecule has 0 N–H and O–H groups in total. The lowest BCUT2D eigenvalue weighted by Crippen LogP contribution is -2.14. The first kappa shape index (κ1) is 13.8. The van der Waals surface area contributed by atoms with Crippen molar-refractivity contribution in [2.75, 3.05) is 0 Å². The van der Waals surface area contributed by atoms with Crippen molar-refractivity contribution in [2.24, 2.45) is 0 Å². The van der Waals surface area contributed by atoms with E-state index in [0.29, 0.717) is 5.92 Å². The minimum Gasteiger partial charge on any atom is -0.0622 e. The normalized spacial score (nSPS) is 11.1.